The Hall–Kier alpha value is -1.10. The molecule has 0 fully saturated rings. The van der Waals surface area contributed by atoms with Crippen molar-refractivity contribution in [3.8, 4) is 0 Å². The Labute approximate surface area is 102 Å². The summed E-state index contributed by atoms with van der Waals surface area (Å²) in [5, 5.41) is 8.47. The molecule has 0 unspecified atom stereocenters. The molecule has 0 aliphatic rings. The average Bonchev–Trinajstić information content (AvgIpc) is 2.19. The smallest absolute Gasteiger partial charge is 0.303 e. The molecule has 0 aromatic carbocycles. The van der Waals surface area contributed by atoms with Gasteiger partial charge in [-0.15, -0.1) is 0 Å². The average molecular weight is 288 g/mol. The number of aliphatic carboxylic acids is 1. The fourth-order valence-electron chi connectivity index (χ4n) is 1.37. The van der Waals surface area contributed by atoms with Gasteiger partial charge in [0.05, 0.1) is 0 Å². The number of aromatic nitrogens is 1. The molecule has 16 heavy (non-hydrogen) atoms. The van der Waals surface area contributed by atoms with Gasteiger partial charge in [-0.3, -0.25) is 9.59 Å². The molecule has 0 atom stereocenters. The summed E-state index contributed by atoms with van der Waals surface area (Å²) in [6.07, 6.45) is 3.19. The Morgan fingerprint density at radius 1 is 1.50 bits per heavy atom. The van der Waals surface area contributed by atoms with Crippen molar-refractivity contribution in [3.63, 3.8) is 0 Å². The Morgan fingerprint density at radius 3 is 2.81 bits per heavy atom. The second-order valence-corrected chi connectivity index (χ2v) is 4.54. The number of carbonyl (C=O) groups is 1. The highest BCUT2D eigenvalue weighted by Crippen LogP contribution is 2.12. The summed E-state index contributed by atoms with van der Waals surface area (Å²) in [6, 6.07) is 1.57. The van der Waals surface area contributed by atoms with Crippen molar-refractivity contribution >= 4 is 21.9 Å². The molecule has 0 saturated carbocycles. The molecule has 1 aromatic rings. The first-order valence-electron chi connectivity index (χ1n) is 5.09. The highest BCUT2D eigenvalue weighted by Gasteiger charge is 2.02. The third-order valence-electron chi connectivity index (χ3n) is 2.31. The van der Waals surface area contributed by atoms with Gasteiger partial charge < -0.3 is 9.67 Å². The minimum atomic E-state index is -0.794. The number of halogens is 1. The Balaban J connectivity index is 2.58. The second-order valence-electron chi connectivity index (χ2n) is 3.69. The van der Waals surface area contributed by atoms with Crippen molar-refractivity contribution in [1.82, 2.24) is 4.57 Å². The molecule has 1 aromatic heterocycles. The second kappa shape index (κ2) is 5.84. The van der Waals surface area contributed by atoms with Crippen LogP contribution in [0.3, 0.4) is 0 Å². The topological polar surface area (TPSA) is 59.3 Å². The SMILES string of the molecule is Cc1cc(=O)n(CCCCC(=O)O)cc1Br. The largest absolute Gasteiger partial charge is 0.481 e. The molecule has 88 valence electrons. The maximum absolute atomic E-state index is 11.5. The number of rotatable bonds is 5. The number of aryl methyl sites for hydroxylation is 2. The lowest BCUT2D eigenvalue weighted by atomic mass is 10.2. The zero-order valence-corrected chi connectivity index (χ0v) is 10.7. The highest BCUT2D eigenvalue weighted by atomic mass is 79.9. The van der Waals surface area contributed by atoms with Crippen LogP contribution in [0.25, 0.3) is 0 Å². The third kappa shape index (κ3) is 3.81. The molecule has 4 nitrogen and oxygen atoms in total. The van der Waals surface area contributed by atoms with Crippen molar-refractivity contribution in [2.75, 3.05) is 0 Å². The number of hydrogen-bond donors (Lipinski definition) is 1. The minimum Gasteiger partial charge on any atom is -0.481 e. The number of carboxylic acid groups (broad SMARTS) is 1. The third-order valence-corrected chi connectivity index (χ3v) is 3.14. The first-order valence-corrected chi connectivity index (χ1v) is 5.88. The number of hydrogen-bond acceptors (Lipinski definition) is 2. The molecule has 5 heteroatoms. The van der Waals surface area contributed by atoms with E-state index in [0.717, 1.165) is 10.0 Å². The standard InChI is InChI=1S/C11H14BrNO3/c1-8-6-10(14)13(7-9(8)12)5-3-2-4-11(15)16/h6-7H,2-5H2,1H3,(H,15,16). The summed E-state index contributed by atoms with van der Waals surface area (Å²) in [4.78, 5) is 21.8. The van der Waals surface area contributed by atoms with E-state index in [4.69, 9.17) is 5.11 Å². The Bertz CT molecular complexity index is 439. The van der Waals surface area contributed by atoms with Gasteiger partial charge in [0, 0.05) is 29.7 Å². The summed E-state index contributed by atoms with van der Waals surface area (Å²) in [6.45, 7) is 2.42. The van der Waals surface area contributed by atoms with Crippen LogP contribution in [-0.2, 0) is 11.3 Å². The zero-order valence-electron chi connectivity index (χ0n) is 9.07. The van der Waals surface area contributed by atoms with Gasteiger partial charge >= 0.3 is 5.97 Å². The van der Waals surface area contributed by atoms with Crippen LogP contribution in [0, 0.1) is 6.92 Å². The van der Waals surface area contributed by atoms with E-state index in [1.54, 1.807) is 16.8 Å². The number of unbranched alkanes of at least 4 members (excludes halogenated alkanes) is 1. The first kappa shape index (κ1) is 13.0. The molecule has 0 bridgehead atoms. The van der Waals surface area contributed by atoms with Crippen molar-refractivity contribution in [1.29, 1.82) is 0 Å². The van der Waals surface area contributed by atoms with Gasteiger partial charge in [-0.1, -0.05) is 0 Å². The molecule has 0 saturated heterocycles. The van der Waals surface area contributed by atoms with Crippen molar-refractivity contribution < 1.29 is 9.90 Å². The van der Waals surface area contributed by atoms with E-state index in [1.807, 2.05) is 6.92 Å². The summed E-state index contributed by atoms with van der Waals surface area (Å²) >= 11 is 3.36. The summed E-state index contributed by atoms with van der Waals surface area (Å²) in [5.74, 6) is -0.794. The monoisotopic (exact) mass is 287 g/mol. The molecule has 1 N–H and O–H groups in total. The van der Waals surface area contributed by atoms with Gasteiger partial charge in [0.15, 0.2) is 0 Å². The maximum Gasteiger partial charge on any atom is 0.303 e. The fourth-order valence-corrected chi connectivity index (χ4v) is 1.73. The van der Waals surface area contributed by atoms with Crippen molar-refractivity contribution in [2.45, 2.75) is 32.7 Å². The van der Waals surface area contributed by atoms with E-state index in [1.165, 1.54) is 0 Å². The molecule has 0 aliphatic carbocycles. The lowest BCUT2D eigenvalue weighted by molar-refractivity contribution is -0.137. The van der Waals surface area contributed by atoms with Crippen LogP contribution in [0.5, 0.6) is 0 Å². The van der Waals surface area contributed by atoms with Crippen LogP contribution in [-0.4, -0.2) is 15.6 Å². The summed E-state index contributed by atoms with van der Waals surface area (Å²) in [5.41, 5.74) is 0.864. The molecule has 0 spiro atoms. The van der Waals surface area contributed by atoms with Gasteiger partial charge in [-0.2, -0.15) is 0 Å². The van der Waals surface area contributed by atoms with Crippen molar-refractivity contribution in [2.24, 2.45) is 0 Å². The Kier molecular flexibility index (Phi) is 4.73. The fraction of sp³-hybridized carbons (Fsp3) is 0.455. The zero-order chi connectivity index (χ0) is 12.1. The van der Waals surface area contributed by atoms with Crippen LogP contribution >= 0.6 is 15.9 Å². The molecule has 1 rings (SSSR count). The van der Waals surface area contributed by atoms with E-state index < -0.39 is 5.97 Å². The van der Waals surface area contributed by atoms with E-state index >= 15 is 0 Å². The van der Waals surface area contributed by atoms with Gasteiger partial charge in [-0.05, 0) is 41.3 Å². The van der Waals surface area contributed by atoms with Gasteiger partial charge in [0.2, 0.25) is 0 Å². The molecule has 1 heterocycles. The van der Waals surface area contributed by atoms with Crippen LogP contribution in [0.1, 0.15) is 24.8 Å². The van der Waals surface area contributed by atoms with Crippen LogP contribution in [0.15, 0.2) is 21.5 Å². The van der Waals surface area contributed by atoms with Crippen LogP contribution in [0.4, 0.5) is 0 Å². The van der Waals surface area contributed by atoms with Gasteiger partial charge in [0.25, 0.3) is 5.56 Å². The van der Waals surface area contributed by atoms with Crippen LogP contribution < -0.4 is 5.56 Å². The van der Waals surface area contributed by atoms with Gasteiger partial charge in [0.1, 0.15) is 0 Å². The van der Waals surface area contributed by atoms with E-state index in [0.29, 0.717) is 19.4 Å². The normalized spacial score (nSPS) is 10.4. The van der Waals surface area contributed by atoms with Crippen molar-refractivity contribution in [3.05, 3.63) is 32.7 Å². The predicted octanol–water partition coefficient (Wildman–Crippen LogP) is 2.17. The molecular weight excluding hydrogens is 274 g/mol. The molecule has 0 radical (unpaired) electrons. The highest BCUT2D eigenvalue weighted by molar-refractivity contribution is 9.10. The number of carboxylic acids is 1. The predicted molar refractivity (Wildman–Crippen MR) is 64.6 cm³/mol. The Morgan fingerprint density at radius 2 is 2.19 bits per heavy atom. The summed E-state index contributed by atoms with van der Waals surface area (Å²) in [7, 11) is 0. The number of pyridine rings is 1. The lowest BCUT2D eigenvalue weighted by Crippen LogP contribution is -2.19. The lowest BCUT2D eigenvalue weighted by Gasteiger charge is -2.06. The molecule has 0 amide bonds. The van der Waals surface area contributed by atoms with E-state index in [9.17, 15) is 9.59 Å². The number of nitrogens with zero attached hydrogens (tertiary/aromatic N) is 1. The van der Waals surface area contributed by atoms with E-state index in [2.05, 4.69) is 15.9 Å². The van der Waals surface area contributed by atoms with Gasteiger partial charge in [-0.25, -0.2) is 0 Å². The van der Waals surface area contributed by atoms with Crippen LogP contribution in [0.2, 0.25) is 0 Å². The first-order chi connectivity index (χ1) is 7.50. The molecule has 0 aliphatic heterocycles. The quantitative estimate of drug-likeness (QED) is 0.845. The molecular formula is C11H14BrNO3. The minimum absolute atomic E-state index is 0.0453. The van der Waals surface area contributed by atoms with E-state index in [-0.39, 0.29) is 12.0 Å². The maximum atomic E-state index is 11.5. The summed E-state index contributed by atoms with van der Waals surface area (Å²) < 4.78 is 2.49.